The number of imide groups is 1. The molecule has 0 saturated carbocycles. The summed E-state index contributed by atoms with van der Waals surface area (Å²) in [6, 6.07) is 19.0. The van der Waals surface area contributed by atoms with E-state index in [0.717, 1.165) is 4.90 Å². The van der Waals surface area contributed by atoms with Crippen molar-refractivity contribution in [2.45, 2.75) is 29.6 Å². The van der Waals surface area contributed by atoms with Crippen LogP contribution < -0.4 is 5.32 Å². The molecule has 0 radical (unpaired) electrons. The van der Waals surface area contributed by atoms with Crippen LogP contribution in [-0.4, -0.2) is 28.7 Å². The zero-order valence-electron chi connectivity index (χ0n) is 20.0. The van der Waals surface area contributed by atoms with Crippen molar-refractivity contribution in [1.29, 1.82) is 0 Å². The lowest BCUT2D eigenvalue weighted by atomic mass is 9.54. The van der Waals surface area contributed by atoms with Crippen LogP contribution in [0.5, 0.6) is 0 Å². The van der Waals surface area contributed by atoms with Gasteiger partial charge in [-0.25, -0.2) is 4.39 Å². The molecule has 3 aliphatic carbocycles. The number of halogens is 3. The average molecular weight is 537 g/mol. The van der Waals surface area contributed by atoms with Gasteiger partial charge < -0.3 is 5.32 Å². The molecule has 1 saturated heterocycles. The van der Waals surface area contributed by atoms with Gasteiger partial charge in [-0.1, -0.05) is 62.4 Å². The minimum Gasteiger partial charge on any atom is -0.324 e. The zero-order chi connectivity index (χ0) is 26.3. The molecule has 5 nitrogen and oxygen atoms in total. The maximum atomic E-state index is 14.2. The monoisotopic (exact) mass is 536 g/mol. The maximum absolute atomic E-state index is 14.2. The number of hydrogen-bond acceptors (Lipinski definition) is 3. The summed E-state index contributed by atoms with van der Waals surface area (Å²) in [6.07, 6.45) is 0. The summed E-state index contributed by atoms with van der Waals surface area (Å²) in [5.41, 5.74) is 3.16. The Balaban J connectivity index is 1.48. The maximum Gasteiger partial charge on any atom is 0.247 e. The summed E-state index contributed by atoms with van der Waals surface area (Å²) >= 11 is 14.9. The van der Waals surface area contributed by atoms with Crippen LogP contribution in [0.25, 0.3) is 0 Å². The lowest BCUT2D eigenvalue weighted by Crippen LogP contribution is -2.57. The van der Waals surface area contributed by atoms with Gasteiger partial charge >= 0.3 is 0 Å². The average Bonchev–Trinajstić information content (AvgIpc) is 3.15. The van der Waals surface area contributed by atoms with Gasteiger partial charge in [0.2, 0.25) is 17.7 Å². The molecule has 3 aromatic rings. The number of amides is 3. The molecule has 4 aliphatic rings. The molecular formula is C29H23Cl2FN2O3. The summed E-state index contributed by atoms with van der Waals surface area (Å²) in [6.45, 7) is 3.53. The van der Waals surface area contributed by atoms with Gasteiger partial charge in [-0.05, 0) is 52.4 Å². The Bertz CT molecular complexity index is 1350. The predicted octanol–water partition coefficient (Wildman–Crippen LogP) is 5.38. The number of nitrogens with zero attached hydrogens (tertiary/aromatic N) is 1. The third kappa shape index (κ3) is 3.06. The van der Waals surface area contributed by atoms with E-state index in [2.05, 4.69) is 5.32 Å². The molecular weight excluding hydrogens is 514 g/mol. The van der Waals surface area contributed by atoms with Crippen molar-refractivity contribution in [1.82, 2.24) is 4.90 Å². The van der Waals surface area contributed by atoms with Crippen molar-refractivity contribution in [3.63, 3.8) is 0 Å². The molecule has 1 aliphatic heterocycles. The van der Waals surface area contributed by atoms with Crippen molar-refractivity contribution in [3.05, 3.63) is 101 Å². The van der Waals surface area contributed by atoms with E-state index >= 15 is 0 Å². The minimum absolute atomic E-state index is 0.357. The number of hydrogen-bond donors (Lipinski definition) is 1. The van der Waals surface area contributed by atoms with E-state index in [4.69, 9.17) is 23.2 Å². The van der Waals surface area contributed by atoms with Crippen molar-refractivity contribution in [2.24, 2.45) is 17.8 Å². The molecule has 0 spiro atoms. The molecule has 3 atom stereocenters. The Morgan fingerprint density at radius 1 is 0.811 bits per heavy atom. The first-order valence-corrected chi connectivity index (χ1v) is 12.9. The molecule has 3 aromatic carbocycles. The van der Waals surface area contributed by atoms with Crippen molar-refractivity contribution in [3.8, 4) is 0 Å². The van der Waals surface area contributed by atoms with E-state index in [9.17, 15) is 18.8 Å². The summed E-state index contributed by atoms with van der Waals surface area (Å²) in [5.74, 6) is -4.40. The van der Waals surface area contributed by atoms with E-state index in [1.165, 1.54) is 24.3 Å². The molecule has 1 heterocycles. The van der Waals surface area contributed by atoms with E-state index in [1.54, 1.807) is 13.8 Å². The molecule has 0 aromatic heterocycles. The second-order valence-electron chi connectivity index (χ2n) is 10.2. The second kappa shape index (κ2) is 8.14. The van der Waals surface area contributed by atoms with Crippen molar-refractivity contribution in [2.75, 3.05) is 5.32 Å². The van der Waals surface area contributed by atoms with Crippen LogP contribution in [0.15, 0.2) is 72.8 Å². The normalized spacial score (nSPS) is 28.1. The first-order valence-electron chi connectivity index (χ1n) is 12.1. The van der Waals surface area contributed by atoms with Gasteiger partial charge in [-0.15, -0.1) is 23.2 Å². The summed E-state index contributed by atoms with van der Waals surface area (Å²) in [7, 11) is 0. The number of nitrogens with one attached hydrogen (secondary N) is 1. The highest BCUT2D eigenvalue weighted by Crippen LogP contribution is 2.69. The summed E-state index contributed by atoms with van der Waals surface area (Å²) < 4.78 is 13.4. The largest absolute Gasteiger partial charge is 0.324 e. The predicted molar refractivity (Wildman–Crippen MR) is 139 cm³/mol. The second-order valence-corrected chi connectivity index (χ2v) is 11.4. The third-order valence-corrected chi connectivity index (χ3v) is 9.19. The lowest BCUT2D eigenvalue weighted by molar-refractivity contribution is -0.148. The SMILES string of the molecule is CC(C)[C@@H](C(=O)Nc1ccc(F)cc1)N1C(=O)[C@@H]2[C@H](C1=O)C1(Cl)c3ccccc3C2(Cl)c2ccccc21. The van der Waals surface area contributed by atoms with Crippen LogP contribution in [-0.2, 0) is 24.1 Å². The smallest absolute Gasteiger partial charge is 0.247 e. The van der Waals surface area contributed by atoms with Gasteiger partial charge in [0.1, 0.15) is 21.6 Å². The number of likely N-dealkylation sites (tertiary alicyclic amines) is 1. The molecule has 37 heavy (non-hydrogen) atoms. The lowest BCUT2D eigenvalue weighted by Gasteiger charge is -2.54. The highest BCUT2D eigenvalue weighted by molar-refractivity contribution is 6.36. The highest BCUT2D eigenvalue weighted by Gasteiger charge is 2.73. The number of alkyl halides is 2. The minimum atomic E-state index is -1.31. The van der Waals surface area contributed by atoms with Gasteiger partial charge in [-0.2, -0.15) is 0 Å². The van der Waals surface area contributed by atoms with E-state index in [-0.39, 0.29) is 0 Å². The van der Waals surface area contributed by atoms with Crippen LogP contribution in [0.4, 0.5) is 10.1 Å². The number of carbonyl (C=O) groups is 3. The summed E-state index contributed by atoms with van der Waals surface area (Å²) in [5, 5.41) is 2.72. The highest BCUT2D eigenvalue weighted by atomic mass is 35.5. The summed E-state index contributed by atoms with van der Waals surface area (Å²) in [4.78, 5) is 40.3. The molecule has 1 N–H and O–H groups in total. The topological polar surface area (TPSA) is 66.5 Å². The molecule has 2 bridgehead atoms. The Kier molecular flexibility index (Phi) is 5.31. The Labute approximate surface area is 223 Å². The van der Waals surface area contributed by atoms with E-state index in [0.29, 0.717) is 27.9 Å². The fourth-order valence-electron chi connectivity index (χ4n) is 6.43. The first kappa shape index (κ1) is 24.1. The van der Waals surface area contributed by atoms with Crippen LogP contribution in [0.2, 0.25) is 0 Å². The first-order chi connectivity index (χ1) is 17.6. The fourth-order valence-corrected chi connectivity index (χ4v) is 7.53. The molecule has 1 fully saturated rings. The molecule has 7 rings (SSSR count). The quantitative estimate of drug-likeness (QED) is 0.359. The standard InChI is InChI=1S/C29H23Cl2FN2O3/c1-15(2)24(25(35)33-17-13-11-16(32)12-14-17)34-26(36)22-23(27(34)37)29(31)19-8-4-3-7-18(19)28(22,30)20-9-5-6-10-21(20)29/h3-15,22-24H,1-2H3,(H,33,35)/t22-,23+,24-,28?,29?/m0/s1. The van der Waals surface area contributed by atoms with Gasteiger partial charge in [0.15, 0.2) is 0 Å². The number of benzene rings is 3. The Morgan fingerprint density at radius 2 is 1.22 bits per heavy atom. The number of rotatable bonds is 4. The molecule has 0 unspecified atom stereocenters. The van der Waals surface area contributed by atoms with Gasteiger partial charge in [-0.3, -0.25) is 19.3 Å². The third-order valence-electron chi connectivity index (χ3n) is 7.91. The van der Waals surface area contributed by atoms with Gasteiger partial charge in [0, 0.05) is 5.69 Å². The molecule has 188 valence electrons. The Morgan fingerprint density at radius 3 is 1.59 bits per heavy atom. The number of carbonyl (C=O) groups excluding carboxylic acids is 3. The van der Waals surface area contributed by atoms with Crippen molar-refractivity contribution < 1.29 is 18.8 Å². The van der Waals surface area contributed by atoms with Gasteiger partial charge in [0.25, 0.3) is 0 Å². The zero-order valence-corrected chi connectivity index (χ0v) is 21.6. The van der Waals surface area contributed by atoms with Crippen LogP contribution in [0.3, 0.4) is 0 Å². The molecule has 3 amide bonds. The fraction of sp³-hybridized carbons (Fsp3) is 0.276. The number of anilines is 1. The van der Waals surface area contributed by atoms with Gasteiger partial charge in [0.05, 0.1) is 11.8 Å². The van der Waals surface area contributed by atoms with Crippen LogP contribution >= 0.6 is 23.2 Å². The van der Waals surface area contributed by atoms with Crippen molar-refractivity contribution >= 4 is 46.6 Å². The van der Waals surface area contributed by atoms with Crippen LogP contribution in [0.1, 0.15) is 36.1 Å². The van der Waals surface area contributed by atoms with E-state index in [1.807, 2.05) is 48.5 Å². The van der Waals surface area contributed by atoms with E-state index < -0.39 is 57.1 Å². The van der Waals surface area contributed by atoms with Crippen LogP contribution in [0, 0.1) is 23.6 Å². The Hall–Kier alpha value is -3.22. The molecule has 8 heteroatoms.